The van der Waals surface area contributed by atoms with Crippen LogP contribution < -0.4 is 0 Å². The third-order valence-corrected chi connectivity index (χ3v) is 3.63. The lowest BCUT2D eigenvalue weighted by Crippen LogP contribution is -2.22. The zero-order valence-electron chi connectivity index (χ0n) is 9.79. The minimum Gasteiger partial charge on any atom is -0.357 e. The molecule has 0 saturated heterocycles. The van der Waals surface area contributed by atoms with E-state index in [1.807, 2.05) is 0 Å². The van der Waals surface area contributed by atoms with Crippen LogP contribution in [0.3, 0.4) is 0 Å². The number of para-hydroxylation sites is 1. The van der Waals surface area contributed by atoms with Crippen LogP contribution in [0, 0.1) is 0 Å². The largest absolute Gasteiger partial charge is 0.357 e. The molecule has 2 heterocycles. The molecule has 0 radical (unpaired) electrons. The summed E-state index contributed by atoms with van der Waals surface area (Å²) in [5.41, 5.74) is 4.28. The van der Waals surface area contributed by atoms with Gasteiger partial charge in [0.2, 0.25) is 0 Å². The van der Waals surface area contributed by atoms with Crippen molar-refractivity contribution in [3.8, 4) is 0 Å². The molecule has 1 aliphatic rings. The second-order valence-corrected chi connectivity index (χ2v) is 4.60. The lowest BCUT2D eigenvalue weighted by atomic mass is 10.1. The van der Waals surface area contributed by atoms with Gasteiger partial charge in [-0.25, -0.2) is 0 Å². The second kappa shape index (κ2) is 3.95. The highest BCUT2D eigenvalue weighted by Gasteiger charge is 2.16. The first-order valence-corrected chi connectivity index (χ1v) is 6.19. The van der Waals surface area contributed by atoms with Crippen LogP contribution in [0.4, 0.5) is 0 Å². The van der Waals surface area contributed by atoms with Crippen molar-refractivity contribution in [3.63, 3.8) is 0 Å². The van der Waals surface area contributed by atoms with Gasteiger partial charge in [-0.15, -0.1) is 0 Å². The summed E-state index contributed by atoms with van der Waals surface area (Å²) in [4.78, 5) is 6.09. The van der Waals surface area contributed by atoms with Crippen LogP contribution in [0.5, 0.6) is 0 Å². The first kappa shape index (κ1) is 9.91. The fraction of sp³-hybridized carbons (Fsp3) is 0.429. The fourth-order valence-electron chi connectivity index (χ4n) is 2.73. The van der Waals surface area contributed by atoms with Crippen LogP contribution in [0.15, 0.2) is 24.3 Å². The van der Waals surface area contributed by atoms with Crippen LogP contribution in [0.25, 0.3) is 10.9 Å². The molecule has 16 heavy (non-hydrogen) atoms. The van der Waals surface area contributed by atoms with Gasteiger partial charge in [0.25, 0.3) is 0 Å². The van der Waals surface area contributed by atoms with E-state index in [0.717, 1.165) is 13.1 Å². The number of fused-ring (bicyclic) bond motifs is 3. The van der Waals surface area contributed by atoms with Gasteiger partial charge in [0.1, 0.15) is 0 Å². The maximum atomic E-state index is 3.58. The Kier molecular flexibility index (Phi) is 2.44. The number of nitrogens with zero attached hydrogens (tertiary/aromatic N) is 1. The van der Waals surface area contributed by atoms with E-state index < -0.39 is 0 Å². The molecule has 0 spiro atoms. The van der Waals surface area contributed by atoms with Crippen molar-refractivity contribution in [2.24, 2.45) is 0 Å². The summed E-state index contributed by atoms with van der Waals surface area (Å²) in [6.45, 7) is 5.70. The molecule has 0 bridgehead atoms. The van der Waals surface area contributed by atoms with Crippen LogP contribution >= 0.6 is 0 Å². The van der Waals surface area contributed by atoms with Crippen LogP contribution in [-0.4, -0.2) is 23.0 Å². The van der Waals surface area contributed by atoms with Gasteiger partial charge in [0.05, 0.1) is 0 Å². The van der Waals surface area contributed by atoms with E-state index in [-0.39, 0.29) is 0 Å². The normalized spacial score (nSPS) is 17.3. The fourth-order valence-corrected chi connectivity index (χ4v) is 2.73. The molecule has 1 aliphatic heterocycles. The number of hydrogen-bond donors (Lipinski definition) is 1. The molecule has 2 nitrogen and oxygen atoms in total. The van der Waals surface area contributed by atoms with Crippen molar-refractivity contribution < 1.29 is 0 Å². The van der Waals surface area contributed by atoms with Gasteiger partial charge < -0.3 is 4.98 Å². The summed E-state index contributed by atoms with van der Waals surface area (Å²) in [5.74, 6) is 0. The maximum Gasteiger partial charge on any atom is 0.0459 e. The minimum absolute atomic E-state index is 1.08. The SMILES string of the molecule is CCN1CCCc2c([nH]c3ccccc23)C1. The molecular formula is C14H18N2. The van der Waals surface area contributed by atoms with Gasteiger partial charge in [-0.3, -0.25) is 4.90 Å². The predicted octanol–water partition coefficient (Wildman–Crippen LogP) is 2.94. The van der Waals surface area contributed by atoms with Crippen molar-refractivity contribution in [3.05, 3.63) is 35.5 Å². The molecule has 1 aromatic heterocycles. The number of hydrogen-bond acceptors (Lipinski definition) is 1. The zero-order chi connectivity index (χ0) is 11.0. The number of aromatic amines is 1. The predicted molar refractivity (Wildman–Crippen MR) is 67.6 cm³/mol. The summed E-state index contributed by atoms with van der Waals surface area (Å²) in [7, 11) is 0. The maximum absolute atomic E-state index is 3.58. The Hall–Kier alpha value is -1.28. The molecule has 2 aromatic rings. The van der Waals surface area contributed by atoms with Gasteiger partial charge in [0, 0.05) is 23.1 Å². The van der Waals surface area contributed by atoms with Gasteiger partial charge in [-0.05, 0) is 37.6 Å². The molecule has 3 rings (SSSR count). The first-order chi connectivity index (χ1) is 7.88. The van der Waals surface area contributed by atoms with Crippen LogP contribution in [0.1, 0.15) is 24.6 Å². The van der Waals surface area contributed by atoms with Gasteiger partial charge in [0.15, 0.2) is 0 Å². The molecule has 1 aromatic carbocycles. The van der Waals surface area contributed by atoms with E-state index in [4.69, 9.17) is 0 Å². The minimum atomic E-state index is 1.08. The van der Waals surface area contributed by atoms with Crippen molar-refractivity contribution >= 4 is 10.9 Å². The van der Waals surface area contributed by atoms with E-state index in [0.29, 0.717) is 0 Å². The van der Waals surface area contributed by atoms with Crippen molar-refractivity contribution in [1.29, 1.82) is 0 Å². The summed E-state index contributed by atoms with van der Waals surface area (Å²) in [5, 5.41) is 1.43. The van der Waals surface area contributed by atoms with Gasteiger partial charge >= 0.3 is 0 Å². The number of rotatable bonds is 1. The third-order valence-electron chi connectivity index (χ3n) is 3.63. The Bertz CT molecular complexity index is 498. The van der Waals surface area contributed by atoms with Crippen molar-refractivity contribution in [2.45, 2.75) is 26.3 Å². The summed E-state index contributed by atoms with van der Waals surface area (Å²) in [6.07, 6.45) is 2.50. The molecule has 2 heteroatoms. The molecule has 84 valence electrons. The Labute approximate surface area is 96.3 Å². The Morgan fingerprint density at radius 2 is 2.19 bits per heavy atom. The van der Waals surface area contributed by atoms with Crippen molar-refractivity contribution in [1.82, 2.24) is 9.88 Å². The summed E-state index contributed by atoms with van der Waals surface area (Å²) in [6, 6.07) is 8.67. The Morgan fingerprint density at radius 1 is 1.31 bits per heavy atom. The van der Waals surface area contributed by atoms with E-state index >= 15 is 0 Å². The quantitative estimate of drug-likeness (QED) is 0.773. The van der Waals surface area contributed by atoms with E-state index in [9.17, 15) is 0 Å². The monoisotopic (exact) mass is 214 g/mol. The number of benzene rings is 1. The molecule has 0 amide bonds. The molecule has 0 saturated carbocycles. The molecule has 0 fully saturated rings. The molecule has 0 aliphatic carbocycles. The van der Waals surface area contributed by atoms with E-state index in [1.165, 1.54) is 36.0 Å². The lowest BCUT2D eigenvalue weighted by Gasteiger charge is -2.16. The number of H-pyrrole nitrogens is 1. The average Bonchev–Trinajstić information content (AvgIpc) is 2.54. The van der Waals surface area contributed by atoms with Gasteiger partial charge in [-0.2, -0.15) is 0 Å². The number of nitrogens with one attached hydrogen (secondary N) is 1. The van der Waals surface area contributed by atoms with Gasteiger partial charge in [-0.1, -0.05) is 25.1 Å². The molecular weight excluding hydrogens is 196 g/mol. The Balaban J connectivity index is 2.10. The summed E-state index contributed by atoms with van der Waals surface area (Å²) < 4.78 is 0. The average molecular weight is 214 g/mol. The zero-order valence-corrected chi connectivity index (χ0v) is 9.79. The van der Waals surface area contributed by atoms with Crippen molar-refractivity contribution in [2.75, 3.05) is 13.1 Å². The summed E-state index contributed by atoms with van der Waals surface area (Å²) >= 11 is 0. The molecule has 0 unspecified atom stereocenters. The van der Waals surface area contributed by atoms with E-state index in [1.54, 1.807) is 5.56 Å². The van der Waals surface area contributed by atoms with Crippen LogP contribution in [-0.2, 0) is 13.0 Å². The topological polar surface area (TPSA) is 19.0 Å². The van der Waals surface area contributed by atoms with E-state index in [2.05, 4.69) is 41.1 Å². The molecule has 1 N–H and O–H groups in total. The highest BCUT2D eigenvalue weighted by molar-refractivity contribution is 5.84. The smallest absolute Gasteiger partial charge is 0.0459 e. The van der Waals surface area contributed by atoms with Crippen LogP contribution in [0.2, 0.25) is 0 Å². The highest BCUT2D eigenvalue weighted by Crippen LogP contribution is 2.26. The standard InChI is InChI=1S/C14H18N2/c1-2-16-9-5-7-12-11-6-3-4-8-13(11)15-14(12)10-16/h3-4,6,8,15H,2,5,7,9-10H2,1H3. The molecule has 0 atom stereocenters. The Morgan fingerprint density at radius 3 is 3.06 bits per heavy atom. The second-order valence-electron chi connectivity index (χ2n) is 4.60. The first-order valence-electron chi connectivity index (χ1n) is 6.19. The number of aryl methyl sites for hydroxylation is 1. The third kappa shape index (κ3) is 1.54. The number of aromatic nitrogens is 1. The highest BCUT2D eigenvalue weighted by atomic mass is 15.1. The lowest BCUT2D eigenvalue weighted by molar-refractivity contribution is 0.282.